The van der Waals surface area contributed by atoms with Crippen LogP contribution in [0.5, 0.6) is 5.75 Å². The Hall–Kier alpha value is -1.94. The van der Waals surface area contributed by atoms with E-state index in [4.69, 9.17) is 9.47 Å². The van der Waals surface area contributed by atoms with Gasteiger partial charge in [-0.15, -0.1) is 0 Å². The Morgan fingerprint density at radius 2 is 1.67 bits per heavy atom. The molecule has 0 aliphatic rings. The van der Waals surface area contributed by atoms with Crippen molar-refractivity contribution in [3.63, 3.8) is 0 Å². The third-order valence-corrected chi connectivity index (χ3v) is 4.73. The molecule has 0 spiro atoms. The van der Waals surface area contributed by atoms with Gasteiger partial charge in [-0.05, 0) is 48.6 Å². The van der Waals surface area contributed by atoms with E-state index in [0.29, 0.717) is 5.92 Å². The standard InChI is InChI=1S/C23H34N2O2/c1-4-6-7-8-14-26-15-13-20-16-24-23(25-17-20)21-9-11-22(12-10-21)27-18-19(3)5-2/h9-12,16-17,19H,4-8,13-15,18H2,1-3H3. The summed E-state index contributed by atoms with van der Waals surface area (Å²) in [4.78, 5) is 9.00. The first-order chi connectivity index (χ1) is 13.2. The number of unbranched alkanes of at least 4 members (excludes halogenated alkanes) is 3. The first-order valence-electron chi connectivity index (χ1n) is 10.3. The van der Waals surface area contributed by atoms with Crippen molar-refractivity contribution >= 4 is 0 Å². The zero-order valence-corrected chi connectivity index (χ0v) is 17.1. The summed E-state index contributed by atoms with van der Waals surface area (Å²) in [6.07, 6.45) is 10.8. The van der Waals surface area contributed by atoms with Crippen molar-refractivity contribution < 1.29 is 9.47 Å². The SMILES string of the molecule is CCCCCCOCCc1cnc(-c2ccc(OCC(C)CC)cc2)nc1. The molecule has 1 heterocycles. The van der Waals surface area contributed by atoms with Crippen molar-refractivity contribution in [1.82, 2.24) is 9.97 Å². The Morgan fingerprint density at radius 3 is 2.33 bits per heavy atom. The fraction of sp³-hybridized carbons (Fsp3) is 0.565. The highest BCUT2D eigenvalue weighted by Gasteiger charge is 2.04. The molecule has 0 amide bonds. The highest BCUT2D eigenvalue weighted by Crippen LogP contribution is 2.20. The summed E-state index contributed by atoms with van der Waals surface area (Å²) >= 11 is 0. The minimum atomic E-state index is 0.570. The van der Waals surface area contributed by atoms with Gasteiger partial charge in [-0.2, -0.15) is 0 Å². The van der Waals surface area contributed by atoms with Crippen LogP contribution in [0.2, 0.25) is 0 Å². The third-order valence-electron chi connectivity index (χ3n) is 4.73. The molecule has 148 valence electrons. The van der Waals surface area contributed by atoms with E-state index >= 15 is 0 Å². The van der Waals surface area contributed by atoms with Gasteiger partial charge in [-0.1, -0.05) is 46.5 Å². The molecule has 1 aromatic heterocycles. The molecule has 1 unspecified atom stereocenters. The summed E-state index contributed by atoms with van der Waals surface area (Å²) in [6, 6.07) is 8.00. The fourth-order valence-corrected chi connectivity index (χ4v) is 2.61. The van der Waals surface area contributed by atoms with Gasteiger partial charge in [-0.3, -0.25) is 0 Å². The first kappa shape index (κ1) is 21.4. The second-order valence-corrected chi connectivity index (χ2v) is 7.19. The fourth-order valence-electron chi connectivity index (χ4n) is 2.61. The molecular formula is C23H34N2O2. The van der Waals surface area contributed by atoms with Crippen LogP contribution in [0.3, 0.4) is 0 Å². The van der Waals surface area contributed by atoms with Gasteiger partial charge >= 0.3 is 0 Å². The monoisotopic (exact) mass is 370 g/mol. The molecule has 0 aliphatic carbocycles. The maximum atomic E-state index is 5.80. The van der Waals surface area contributed by atoms with Gasteiger partial charge in [0.15, 0.2) is 5.82 Å². The van der Waals surface area contributed by atoms with Crippen LogP contribution in [-0.2, 0) is 11.2 Å². The van der Waals surface area contributed by atoms with Crippen LogP contribution < -0.4 is 4.74 Å². The molecule has 0 aliphatic heterocycles. The molecule has 27 heavy (non-hydrogen) atoms. The van der Waals surface area contributed by atoms with E-state index in [0.717, 1.165) is 61.8 Å². The quantitative estimate of drug-likeness (QED) is 0.424. The van der Waals surface area contributed by atoms with Gasteiger partial charge in [0.05, 0.1) is 13.2 Å². The molecule has 2 rings (SSSR count). The maximum Gasteiger partial charge on any atom is 0.159 e. The Bertz CT molecular complexity index is 626. The summed E-state index contributed by atoms with van der Waals surface area (Å²) in [5.74, 6) is 2.21. The number of rotatable bonds is 13. The van der Waals surface area contributed by atoms with Crippen molar-refractivity contribution in [1.29, 1.82) is 0 Å². The smallest absolute Gasteiger partial charge is 0.159 e. The van der Waals surface area contributed by atoms with E-state index in [-0.39, 0.29) is 0 Å². The predicted molar refractivity (Wildman–Crippen MR) is 111 cm³/mol. The van der Waals surface area contributed by atoms with Gasteiger partial charge in [0.1, 0.15) is 5.75 Å². The lowest BCUT2D eigenvalue weighted by Gasteiger charge is -2.11. The van der Waals surface area contributed by atoms with E-state index in [1.165, 1.54) is 19.3 Å². The van der Waals surface area contributed by atoms with E-state index in [2.05, 4.69) is 30.7 Å². The minimum Gasteiger partial charge on any atom is -0.493 e. The molecule has 0 N–H and O–H groups in total. The average molecular weight is 371 g/mol. The highest BCUT2D eigenvalue weighted by atomic mass is 16.5. The zero-order chi connectivity index (χ0) is 19.3. The topological polar surface area (TPSA) is 44.2 Å². The van der Waals surface area contributed by atoms with Crippen LogP contribution >= 0.6 is 0 Å². The van der Waals surface area contributed by atoms with Gasteiger partial charge < -0.3 is 9.47 Å². The normalized spacial score (nSPS) is 12.1. The number of benzene rings is 1. The van der Waals surface area contributed by atoms with Crippen LogP contribution in [0, 0.1) is 5.92 Å². The lowest BCUT2D eigenvalue weighted by molar-refractivity contribution is 0.133. The van der Waals surface area contributed by atoms with Crippen LogP contribution in [0.1, 0.15) is 58.4 Å². The van der Waals surface area contributed by atoms with Gasteiger partial charge in [-0.25, -0.2) is 9.97 Å². The lowest BCUT2D eigenvalue weighted by Crippen LogP contribution is -2.07. The van der Waals surface area contributed by atoms with E-state index in [1.54, 1.807) is 0 Å². The van der Waals surface area contributed by atoms with E-state index in [9.17, 15) is 0 Å². The van der Waals surface area contributed by atoms with Crippen LogP contribution in [0.4, 0.5) is 0 Å². The number of ether oxygens (including phenoxy) is 2. The zero-order valence-electron chi connectivity index (χ0n) is 17.1. The van der Waals surface area contributed by atoms with Crippen molar-refractivity contribution in [2.45, 2.75) is 59.3 Å². The maximum absolute atomic E-state index is 5.80. The Balaban J connectivity index is 1.75. The third kappa shape index (κ3) is 8.08. The molecular weight excluding hydrogens is 336 g/mol. The molecule has 4 nitrogen and oxygen atoms in total. The van der Waals surface area contributed by atoms with Crippen molar-refractivity contribution in [2.24, 2.45) is 5.92 Å². The van der Waals surface area contributed by atoms with Crippen LogP contribution in [-0.4, -0.2) is 29.8 Å². The highest BCUT2D eigenvalue weighted by molar-refractivity contribution is 5.55. The van der Waals surface area contributed by atoms with Crippen LogP contribution in [0.25, 0.3) is 11.4 Å². The van der Waals surface area contributed by atoms with Gasteiger partial charge in [0.2, 0.25) is 0 Å². The average Bonchev–Trinajstić information content (AvgIpc) is 2.72. The lowest BCUT2D eigenvalue weighted by atomic mass is 10.1. The number of hydrogen-bond acceptors (Lipinski definition) is 4. The number of nitrogens with zero attached hydrogens (tertiary/aromatic N) is 2. The Kier molecular flexibility index (Phi) is 9.85. The molecule has 2 aromatic rings. The van der Waals surface area contributed by atoms with Gasteiger partial charge in [0, 0.05) is 24.6 Å². The second-order valence-electron chi connectivity index (χ2n) is 7.19. The summed E-state index contributed by atoms with van der Waals surface area (Å²) in [5.41, 5.74) is 2.12. The number of aromatic nitrogens is 2. The summed E-state index contributed by atoms with van der Waals surface area (Å²) in [6.45, 7) is 8.93. The molecule has 1 atom stereocenters. The molecule has 0 fully saturated rings. The van der Waals surface area contributed by atoms with Gasteiger partial charge in [0.25, 0.3) is 0 Å². The van der Waals surface area contributed by atoms with Crippen LogP contribution in [0.15, 0.2) is 36.7 Å². The number of hydrogen-bond donors (Lipinski definition) is 0. The Morgan fingerprint density at radius 1 is 0.926 bits per heavy atom. The molecule has 0 bridgehead atoms. The van der Waals surface area contributed by atoms with Crippen molar-refractivity contribution in [3.05, 3.63) is 42.2 Å². The summed E-state index contributed by atoms with van der Waals surface area (Å²) in [7, 11) is 0. The summed E-state index contributed by atoms with van der Waals surface area (Å²) < 4.78 is 11.5. The second kappa shape index (κ2) is 12.4. The van der Waals surface area contributed by atoms with E-state index < -0.39 is 0 Å². The molecule has 0 radical (unpaired) electrons. The Labute approximate surface area is 164 Å². The summed E-state index contributed by atoms with van der Waals surface area (Å²) in [5, 5.41) is 0. The molecule has 1 aromatic carbocycles. The van der Waals surface area contributed by atoms with Crippen molar-refractivity contribution in [3.8, 4) is 17.1 Å². The first-order valence-corrected chi connectivity index (χ1v) is 10.3. The molecule has 0 saturated heterocycles. The van der Waals surface area contributed by atoms with E-state index in [1.807, 2.05) is 36.7 Å². The molecule has 0 saturated carbocycles. The largest absolute Gasteiger partial charge is 0.493 e. The molecule has 4 heteroatoms. The van der Waals surface area contributed by atoms with Crippen molar-refractivity contribution in [2.75, 3.05) is 19.8 Å². The predicted octanol–water partition coefficient (Wildman–Crippen LogP) is 5.71. The minimum absolute atomic E-state index is 0.570.